The second-order valence-electron chi connectivity index (χ2n) is 4.03. The molecule has 2 rings (SSSR count). The van der Waals surface area contributed by atoms with Crippen molar-refractivity contribution in [2.75, 3.05) is 19.5 Å². The van der Waals surface area contributed by atoms with E-state index in [-0.39, 0.29) is 5.82 Å². The predicted molar refractivity (Wildman–Crippen MR) is 74.2 cm³/mol. The van der Waals surface area contributed by atoms with Crippen LogP contribution in [0.3, 0.4) is 0 Å². The van der Waals surface area contributed by atoms with Crippen molar-refractivity contribution >= 4 is 11.5 Å². The maximum atomic E-state index is 14.1. The largest absolute Gasteiger partial charge is 0.497 e. The molecule has 0 aliphatic carbocycles. The number of rotatable bonds is 5. The van der Waals surface area contributed by atoms with E-state index in [1.54, 1.807) is 32.4 Å². The van der Waals surface area contributed by atoms with Gasteiger partial charge in [0.05, 0.1) is 25.6 Å². The smallest absolute Gasteiger partial charge is 0.187 e. The Bertz CT molecular complexity index is 605. The van der Waals surface area contributed by atoms with Gasteiger partial charge in [-0.1, -0.05) is 6.92 Å². The van der Waals surface area contributed by atoms with E-state index in [4.69, 9.17) is 9.47 Å². The topological polar surface area (TPSA) is 56.3 Å². The molecule has 0 bridgehead atoms. The third kappa shape index (κ3) is 2.79. The molecule has 0 radical (unpaired) electrons. The van der Waals surface area contributed by atoms with E-state index in [2.05, 4.69) is 15.3 Å². The second kappa shape index (κ2) is 6.18. The summed E-state index contributed by atoms with van der Waals surface area (Å²) in [6, 6.07) is 5.21. The molecule has 1 heterocycles. The first-order chi connectivity index (χ1) is 9.69. The average molecular weight is 277 g/mol. The van der Waals surface area contributed by atoms with E-state index in [0.29, 0.717) is 29.3 Å². The summed E-state index contributed by atoms with van der Waals surface area (Å²) in [7, 11) is 3.10. The van der Waals surface area contributed by atoms with Crippen molar-refractivity contribution in [3.8, 4) is 11.5 Å². The standard InChI is InChI=1S/C14H16FN3O2/c1-4-10-13(15)14(17-8-16-10)18-11-7-9(19-2)5-6-12(11)20-3/h5-8H,4H2,1-3H3,(H,16,17,18). The second-order valence-corrected chi connectivity index (χ2v) is 4.03. The molecule has 0 unspecified atom stereocenters. The number of ether oxygens (including phenoxy) is 2. The molecule has 1 aromatic heterocycles. The number of benzene rings is 1. The molecule has 0 saturated heterocycles. The van der Waals surface area contributed by atoms with Crippen LogP contribution in [-0.4, -0.2) is 24.2 Å². The molecule has 1 aromatic carbocycles. The Hall–Kier alpha value is -2.37. The molecule has 0 aliphatic rings. The van der Waals surface area contributed by atoms with Crippen LogP contribution >= 0.6 is 0 Å². The van der Waals surface area contributed by atoms with Crippen molar-refractivity contribution < 1.29 is 13.9 Å². The lowest BCUT2D eigenvalue weighted by Gasteiger charge is -2.13. The zero-order chi connectivity index (χ0) is 14.5. The lowest BCUT2D eigenvalue weighted by molar-refractivity contribution is 0.404. The summed E-state index contributed by atoms with van der Waals surface area (Å²) in [5.41, 5.74) is 0.941. The summed E-state index contributed by atoms with van der Waals surface area (Å²) in [6.45, 7) is 1.83. The summed E-state index contributed by atoms with van der Waals surface area (Å²) >= 11 is 0. The lowest BCUT2D eigenvalue weighted by atomic mass is 10.2. The molecule has 20 heavy (non-hydrogen) atoms. The fraction of sp³-hybridized carbons (Fsp3) is 0.286. The Morgan fingerprint density at radius 2 is 2.00 bits per heavy atom. The number of anilines is 2. The first-order valence-corrected chi connectivity index (χ1v) is 6.18. The number of hydrogen-bond acceptors (Lipinski definition) is 5. The fourth-order valence-corrected chi connectivity index (χ4v) is 1.78. The van der Waals surface area contributed by atoms with Gasteiger partial charge in [-0.15, -0.1) is 0 Å². The molecule has 106 valence electrons. The highest BCUT2D eigenvalue weighted by molar-refractivity contribution is 5.66. The Balaban J connectivity index is 2.38. The van der Waals surface area contributed by atoms with Gasteiger partial charge in [0.1, 0.15) is 17.8 Å². The highest BCUT2D eigenvalue weighted by Crippen LogP contribution is 2.31. The zero-order valence-electron chi connectivity index (χ0n) is 11.6. The molecule has 0 atom stereocenters. The average Bonchev–Trinajstić information content (AvgIpc) is 2.49. The summed E-state index contributed by atoms with van der Waals surface area (Å²) in [5, 5.41) is 2.91. The van der Waals surface area contributed by atoms with E-state index in [9.17, 15) is 4.39 Å². The number of methoxy groups -OCH3 is 2. The third-order valence-corrected chi connectivity index (χ3v) is 2.86. The van der Waals surface area contributed by atoms with Crippen LogP contribution in [-0.2, 0) is 6.42 Å². The van der Waals surface area contributed by atoms with E-state index in [1.165, 1.54) is 6.33 Å². The van der Waals surface area contributed by atoms with Gasteiger partial charge in [-0.3, -0.25) is 0 Å². The van der Waals surface area contributed by atoms with Crippen LogP contribution in [0.15, 0.2) is 24.5 Å². The molecular weight excluding hydrogens is 261 g/mol. The van der Waals surface area contributed by atoms with Crippen molar-refractivity contribution in [1.29, 1.82) is 0 Å². The Morgan fingerprint density at radius 1 is 1.20 bits per heavy atom. The van der Waals surface area contributed by atoms with Crippen molar-refractivity contribution in [1.82, 2.24) is 9.97 Å². The van der Waals surface area contributed by atoms with Gasteiger partial charge >= 0.3 is 0 Å². The van der Waals surface area contributed by atoms with Crippen LogP contribution in [0.2, 0.25) is 0 Å². The van der Waals surface area contributed by atoms with Gasteiger partial charge in [0.2, 0.25) is 0 Å². The van der Waals surface area contributed by atoms with Crippen molar-refractivity contribution in [2.24, 2.45) is 0 Å². The monoisotopic (exact) mass is 277 g/mol. The molecular formula is C14H16FN3O2. The van der Waals surface area contributed by atoms with Crippen LogP contribution in [0.1, 0.15) is 12.6 Å². The number of aryl methyl sites for hydroxylation is 1. The number of aromatic nitrogens is 2. The van der Waals surface area contributed by atoms with E-state index < -0.39 is 5.82 Å². The quantitative estimate of drug-likeness (QED) is 0.910. The number of nitrogens with one attached hydrogen (secondary N) is 1. The third-order valence-electron chi connectivity index (χ3n) is 2.86. The molecule has 0 fully saturated rings. The number of halogens is 1. The van der Waals surface area contributed by atoms with Crippen LogP contribution in [0.25, 0.3) is 0 Å². The van der Waals surface area contributed by atoms with Gasteiger partial charge < -0.3 is 14.8 Å². The SMILES string of the molecule is CCc1ncnc(Nc2cc(OC)ccc2OC)c1F. The summed E-state index contributed by atoms with van der Waals surface area (Å²) < 4.78 is 24.5. The van der Waals surface area contributed by atoms with Gasteiger partial charge in [0, 0.05) is 6.07 Å². The zero-order valence-corrected chi connectivity index (χ0v) is 11.6. The Morgan fingerprint density at radius 3 is 2.65 bits per heavy atom. The first kappa shape index (κ1) is 14.0. The van der Waals surface area contributed by atoms with Crippen LogP contribution < -0.4 is 14.8 Å². The van der Waals surface area contributed by atoms with Crippen molar-refractivity contribution in [3.63, 3.8) is 0 Å². The van der Waals surface area contributed by atoms with Gasteiger partial charge in [-0.25, -0.2) is 14.4 Å². The molecule has 2 aromatic rings. The van der Waals surface area contributed by atoms with Gasteiger partial charge in [0.15, 0.2) is 11.6 Å². The first-order valence-electron chi connectivity index (χ1n) is 6.18. The van der Waals surface area contributed by atoms with Crippen LogP contribution in [0.4, 0.5) is 15.9 Å². The minimum absolute atomic E-state index is 0.114. The minimum atomic E-state index is -0.458. The Labute approximate surface area is 116 Å². The molecule has 0 spiro atoms. The normalized spacial score (nSPS) is 10.2. The lowest BCUT2D eigenvalue weighted by Crippen LogP contribution is -2.04. The van der Waals surface area contributed by atoms with Crippen LogP contribution in [0.5, 0.6) is 11.5 Å². The molecule has 1 N–H and O–H groups in total. The Kier molecular flexibility index (Phi) is 4.34. The van der Waals surface area contributed by atoms with Crippen molar-refractivity contribution in [2.45, 2.75) is 13.3 Å². The summed E-state index contributed by atoms with van der Waals surface area (Å²) in [5.74, 6) is 0.864. The van der Waals surface area contributed by atoms with Crippen molar-refractivity contribution in [3.05, 3.63) is 36.0 Å². The molecule has 5 nitrogen and oxygen atoms in total. The van der Waals surface area contributed by atoms with Gasteiger partial charge in [-0.2, -0.15) is 0 Å². The predicted octanol–water partition coefficient (Wildman–Crippen LogP) is 2.94. The molecule has 0 aliphatic heterocycles. The summed E-state index contributed by atoms with van der Waals surface area (Å²) in [6.07, 6.45) is 1.83. The molecule has 0 amide bonds. The summed E-state index contributed by atoms with van der Waals surface area (Å²) in [4.78, 5) is 7.81. The van der Waals surface area contributed by atoms with Gasteiger partial charge in [0.25, 0.3) is 0 Å². The maximum absolute atomic E-state index is 14.1. The van der Waals surface area contributed by atoms with E-state index in [1.807, 2.05) is 6.92 Å². The maximum Gasteiger partial charge on any atom is 0.187 e. The minimum Gasteiger partial charge on any atom is -0.497 e. The van der Waals surface area contributed by atoms with E-state index >= 15 is 0 Å². The highest BCUT2D eigenvalue weighted by atomic mass is 19.1. The highest BCUT2D eigenvalue weighted by Gasteiger charge is 2.12. The number of hydrogen-bond donors (Lipinski definition) is 1. The van der Waals surface area contributed by atoms with Gasteiger partial charge in [-0.05, 0) is 18.6 Å². The molecule has 0 saturated carbocycles. The van der Waals surface area contributed by atoms with Crippen LogP contribution in [0, 0.1) is 5.82 Å². The van der Waals surface area contributed by atoms with E-state index in [0.717, 1.165) is 0 Å². The number of nitrogens with zero attached hydrogens (tertiary/aromatic N) is 2. The molecule has 6 heteroatoms. The fourth-order valence-electron chi connectivity index (χ4n) is 1.78.